The molecule has 2 aromatic rings. The zero-order valence-corrected chi connectivity index (χ0v) is 11.8. The SMILES string of the molecule is CCc1cnc(CNCc2cc(C(=O)OC)co2)s1. The van der Waals surface area contributed by atoms with Crippen LogP contribution >= 0.6 is 11.3 Å². The van der Waals surface area contributed by atoms with Crippen LogP contribution in [0.1, 0.15) is 32.9 Å². The Hall–Kier alpha value is -1.66. The van der Waals surface area contributed by atoms with E-state index < -0.39 is 0 Å². The number of hydrogen-bond donors (Lipinski definition) is 1. The summed E-state index contributed by atoms with van der Waals surface area (Å²) in [5.74, 6) is 0.315. The predicted molar refractivity (Wildman–Crippen MR) is 72.1 cm³/mol. The molecule has 0 radical (unpaired) electrons. The van der Waals surface area contributed by atoms with E-state index in [4.69, 9.17) is 4.42 Å². The summed E-state index contributed by atoms with van der Waals surface area (Å²) in [6.07, 6.45) is 4.32. The summed E-state index contributed by atoms with van der Waals surface area (Å²) in [4.78, 5) is 16.8. The number of furan rings is 1. The quantitative estimate of drug-likeness (QED) is 0.823. The van der Waals surface area contributed by atoms with Crippen LogP contribution in [0.15, 0.2) is 22.9 Å². The molecule has 19 heavy (non-hydrogen) atoms. The maximum absolute atomic E-state index is 11.2. The zero-order chi connectivity index (χ0) is 13.7. The highest BCUT2D eigenvalue weighted by molar-refractivity contribution is 7.11. The summed E-state index contributed by atoms with van der Waals surface area (Å²) in [5.41, 5.74) is 0.432. The number of aryl methyl sites for hydroxylation is 1. The summed E-state index contributed by atoms with van der Waals surface area (Å²) in [6, 6.07) is 1.68. The van der Waals surface area contributed by atoms with E-state index in [1.807, 2.05) is 6.20 Å². The van der Waals surface area contributed by atoms with Crippen LogP contribution in [0.3, 0.4) is 0 Å². The second-order valence-corrected chi connectivity index (χ2v) is 5.17. The largest absolute Gasteiger partial charge is 0.467 e. The van der Waals surface area contributed by atoms with Crippen molar-refractivity contribution in [3.8, 4) is 0 Å². The highest BCUT2D eigenvalue weighted by Crippen LogP contribution is 2.13. The van der Waals surface area contributed by atoms with Gasteiger partial charge in [0.1, 0.15) is 17.0 Å². The summed E-state index contributed by atoms with van der Waals surface area (Å²) >= 11 is 1.70. The maximum atomic E-state index is 11.2. The lowest BCUT2D eigenvalue weighted by Crippen LogP contribution is -2.11. The Bertz CT molecular complexity index is 548. The fourth-order valence-electron chi connectivity index (χ4n) is 1.58. The molecular formula is C13H16N2O3S. The molecule has 0 unspecified atom stereocenters. The number of esters is 1. The fourth-order valence-corrected chi connectivity index (χ4v) is 2.42. The van der Waals surface area contributed by atoms with E-state index in [0.29, 0.717) is 24.4 Å². The second kappa shape index (κ2) is 6.49. The van der Waals surface area contributed by atoms with Gasteiger partial charge in [0.2, 0.25) is 0 Å². The molecule has 0 fully saturated rings. The van der Waals surface area contributed by atoms with Gasteiger partial charge in [0.25, 0.3) is 0 Å². The first-order valence-corrected chi connectivity index (χ1v) is 6.84. The van der Waals surface area contributed by atoms with Crippen molar-refractivity contribution >= 4 is 17.3 Å². The number of nitrogens with zero attached hydrogens (tertiary/aromatic N) is 1. The van der Waals surface area contributed by atoms with Crippen molar-refractivity contribution in [2.45, 2.75) is 26.4 Å². The number of nitrogens with one attached hydrogen (secondary N) is 1. The third kappa shape index (κ3) is 3.65. The number of aromatic nitrogens is 1. The fraction of sp³-hybridized carbons (Fsp3) is 0.385. The van der Waals surface area contributed by atoms with Crippen molar-refractivity contribution in [2.75, 3.05) is 7.11 Å². The van der Waals surface area contributed by atoms with Gasteiger partial charge in [-0.1, -0.05) is 6.92 Å². The Morgan fingerprint density at radius 2 is 2.37 bits per heavy atom. The third-order valence-electron chi connectivity index (χ3n) is 2.60. The molecule has 0 aliphatic heterocycles. The van der Waals surface area contributed by atoms with E-state index in [2.05, 4.69) is 22.0 Å². The highest BCUT2D eigenvalue weighted by atomic mass is 32.1. The first kappa shape index (κ1) is 13.8. The van der Waals surface area contributed by atoms with Gasteiger partial charge in [0, 0.05) is 17.6 Å². The number of methoxy groups -OCH3 is 1. The number of thiazole rings is 1. The molecule has 0 amide bonds. The Labute approximate surface area is 115 Å². The maximum Gasteiger partial charge on any atom is 0.341 e. The first-order valence-electron chi connectivity index (χ1n) is 6.03. The number of carbonyl (C=O) groups is 1. The molecule has 0 saturated carbocycles. The first-order chi connectivity index (χ1) is 9.22. The average Bonchev–Trinajstić information content (AvgIpc) is 3.07. The highest BCUT2D eigenvalue weighted by Gasteiger charge is 2.09. The summed E-state index contributed by atoms with van der Waals surface area (Å²) in [5, 5.41) is 4.28. The van der Waals surface area contributed by atoms with Crippen molar-refractivity contribution in [1.29, 1.82) is 0 Å². The van der Waals surface area contributed by atoms with E-state index >= 15 is 0 Å². The second-order valence-electron chi connectivity index (χ2n) is 3.97. The van der Waals surface area contributed by atoms with Crippen LogP contribution in [0.2, 0.25) is 0 Å². The normalized spacial score (nSPS) is 10.6. The molecule has 0 aliphatic rings. The van der Waals surface area contributed by atoms with Gasteiger partial charge in [0.05, 0.1) is 19.2 Å². The summed E-state index contributed by atoms with van der Waals surface area (Å²) < 4.78 is 9.88. The van der Waals surface area contributed by atoms with Gasteiger partial charge in [0.15, 0.2) is 0 Å². The van der Waals surface area contributed by atoms with Gasteiger partial charge >= 0.3 is 5.97 Å². The molecule has 0 bridgehead atoms. The van der Waals surface area contributed by atoms with Crippen molar-refractivity contribution < 1.29 is 13.9 Å². The number of hydrogen-bond acceptors (Lipinski definition) is 6. The standard InChI is InChI=1S/C13H16N2O3S/c1-3-11-6-15-12(19-11)7-14-5-10-4-9(8-18-10)13(16)17-2/h4,6,8,14H,3,5,7H2,1-2H3. The minimum absolute atomic E-state index is 0.387. The van der Waals surface area contributed by atoms with Crippen LogP contribution < -0.4 is 5.32 Å². The molecule has 0 spiro atoms. The molecule has 2 rings (SSSR count). The van der Waals surface area contributed by atoms with Crippen molar-refractivity contribution in [3.63, 3.8) is 0 Å². The summed E-state index contributed by atoms with van der Waals surface area (Å²) in [7, 11) is 1.35. The molecule has 5 nitrogen and oxygen atoms in total. The van der Waals surface area contributed by atoms with Crippen LogP contribution in [0.4, 0.5) is 0 Å². The van der Waals surface area contributed by atoms with Gasteiger partial charge in [-0.25, -0.2) is 9.78 Å². The van der Waals surface area contributed by atoms with Gasteiger partial charge in [-0.05, 0) is 12.5 Å². The Morgan fingerprint density at radius 1 is 1.53 bits per heavy atom. The van der Waals surface area contributed by atoms with Crippen LogP contribution in [0.5, 0.6) is 0 Å². The van der Waals surface area contributed by atoms with Crippen LogP contribution in [0.25, 0.3) is 0 Å². The van der Waals surface area contributed by atoms with Crippen LogP contribution in [-0.4, -0.2) is 18.1 Å². The molecule has 2 heterocycles. The molecular weight excluding hydrogens is 264 g/mol. The van der Waals surface area contributed by atoms with Gasteiger partial charge in [-0.15, -0.1) is 11.3 Å². The van der Waals surface area contributed by atoms with E-state index in [9.17, 15) is 4.79 Å². The van der Waals surface area contributed by atoms with Gasteiger partial charge in [-0.3, -0.25) is 0 Å². The van der Waals surface area contributed by atoms with E-state index in [1.54, 1.807) is 17.4 Å². The smallest absolute Gasteiger partial charge is 0.341 e. The molecule has 1 N–H and O–H groups in total. The molecule has 6 heteroatoms. The number of ether oxygens (including phenoxy) is 1. The molecule has 2 aromatic heterocycles. The molecule has 0 aliphatic carbocycles. The minimum atomic E-state index is -0.387. The lowest BCUT2D eigenvalue weighted by atomic mass is 10.3. The molecule has 0 aromatic carbocycles. The summed E-state index contributed by atoms with van der Waals surface area (Å²) in [6.45, 7) is 3.36. The van der Waals surface area contributed by atoms with Gasteiger partial charge < -0.3 is 14.5 Å². The number of carbonyl (C=O) groups excluding carboxylic acids is 1. The van der Waals surface area contributed by atoms with Crippen LogP contribution in [-0.2, 0) is 24.2 Å². The van der Waals surface area contributed by atoms with Gasteiger partial charge in [-0.2, -0.15) is 0 Å². The Morgan fingerprint density at radius 3 is 3.05 bits per heavy atom. The molecule has 0 atom stereocenters. The Balaban J connectivity index is 1.82. The monoisotopic (exact) mass is 280 g/mol. The van der Waals surface area contributed by atoms with Crippen molar-refractivity contribution in [3.05, 3.63) is 39.7 Å². The van der Waals surface area contributed by atoms with Crippen molar-refractivity contribution in [2.24, 2.45) is 0 Å². The minimum Gasteiger partial charge on any atom is -0.467 e. The van der Waals surface area contributed by atoms with Crippen molar-refractivity contribution in [1.82, 2.24) is 10.3 Å². The van der Waals surface area contributed by atoms with Crippen LogP contribution in [0, 0.1) is 0 Å². The van der Waals surface area contributed by atoms with E-state index in [0.717, 1.165) is 11.4 Å². The van der Waals surface area contributed by atoms with E-state index in [-0.39, 0.29) is 5.97 Å². The topological polar surface area (TPSA) is 64.4 Å². The predicted octanol–water partition coefficient (Wildman–Crippen LogP) is 2.37. The number of rotatable bonds is 6. The molecule has 0 saturated heterocycles. The molecule has 102 valence electrons. The Kier molecular flexibility index (Phi) is 4.70. The average molecular weight is 280 g/mol. The third-order valence-corrected chi connectivity index (χ3v) is 3.74. The zero-order valence-electron chi connectivity index (χ0n) is 10.9. The lowest BCUT2D eigenvalue weighted by Gasteiger charge is -1.98. The van der Waals surface area contributed by atoms with E-state index in [1.165, 1.54) is 18.3 Å². The lowest BCUT2D eigenvalue weighted by molar-refractivity contribution is 0.0600.